The Kier molecular flexibility index (Phi) is 5.45. The number of rotatable bonds is 6. The lowest BCUT2D eigenvalue weighted by Crippen LogP contribution is -2.24. The number of nitrogens with zero attached hydrogens (tertiary/aromatic N) is 2. The van der Waals surface area contributed by atoms with Crippen LogP contribution in [0.1, 0.15) is 0 Å². The van der Waals surface area contributed by atoms with Gasteiger partial charge in [0.1, 0.15) is 12.4 Å². The van der Waals surface area contributed by atoms with Crippen LogP contribution < -0.4 is 10.3 Å². The zero-order valence-electron chi connectivity index (χ0n) is 13.2. The second-order valence-electron chi connectivity index (χ2n) is 5.22. The van der Waals surface area contributed by atoms with E-state index in [0.717, 1.165) is 4.47 Å². The van der Waals surface area contributed by atoms with Crippen molar-refractivity contribution < 1.29 is 14.3 Å². The summed E-state index contributed by atoms with van der Waals surface area (Å²) in [7, 11) is 0. The van der Waals surface area contributed by atoms with Crippen molar-refractivity contribution in [2.75, 3.05) is 13.2 Å². The number of ether oxygens (including phenoxy) is 2. The van der Waals surface area contributed by atoms with E-state index in [4.69, 9.17) is 9.47 Å². The third-order valence-electron chi connectivity index (χ3n) is 3.50. The molecule has 0 atom stereocenters. The highest BCUT2D eigenvalue weighted by molar-refractivity contribution is 9.10. The summed E-state index contributed by atoms with van der Waals surface area (Å²) in [6, 6.07) is 14.2. The molecule has 0 bridgehead atoms. The van der Waals surface area contributed by atoms with Crippen LogP contribution in [-0.4, -0.2) is 28.7 Å². The van der Waals surface area contributed by atoms with E-state index in [-0.39, 0.29) is 25.3 Å². The molecule has 1 aromatic heterocycles. The van der Waals surface area contributed by atoms with E-state index in [1.165, 1.54) is 10.9 Å². The molecule has 2 aromatic carbocycles. The molecule has 25 heavy (non-hydrogen) atoms. The maximum absolute atomic E-state index is 12.3. The molecule has 0 amide bonds. The predicted molar refractivity (Wildman–Crippen MR) is 96.6 cm³/mol. The van der Waals surface area contributed by atoms with E-state index in [1.807, 2.05) is 18.2 Å². The van der Waals surface area contributed by atoms with Crippen LogP contribution in [0.4, 0.5) is 0 Å². The smallest absolute Gasteiger partial charge is 0.344 e. The van der Waals surface area contributed by atoms with Crippen molar-refractivity contribution in [3.8, 4) is 5.75 Å². The highest BCUT2D eigenvalue weighted by atomic mass is 79.9. The summed E-state index contributed by atoms with van der Waals surface area (Å²) in [5.41, 5.74) is 0.483. The first-order chi connectivity index (χ1) is 12.1. The lowest BCUT2D eigenvalue weighted by Gasteiger charge is -2.09. The second kappa shape index (κ2) is 7.94. The first-order valence-electron chi connectivity index (χ1n) is 7.61. The Labute approximate surface area is 152 Å². The van der Waals surface area contributed by atoms with Gasteiger partial charge in [-0.05, 0) is 36.4 Å². The Balaban J connectivity index is 1.51. The van der Waals surface area contributed by atoms with Crippen molar-refractivity contribution in [1.82, 2.24) is 9.55 Å². The van der Waals surface area contributed by atoms with E-state index in [1.54, 1.807) is 30.3 Å². The van der Waals surface area contributed by atoms with Gasteiger partial charge in [-0.2, -0.15) is 0 Å². The fraction of sp³-hybridized carbons (Fsp3) is 0.167. The predicted octanol–water partition coefficient (Wildman–Crippen LogP) is 2.78. The minimum absolute atomic E-state index is 0.0719. The van der Waals surface area contributed by atoms with Crippen LogP contribution in [-0.2, 0) is 16.1 Å². The molecule has 0 saturated heterocycles. The number of esters is 1. The molecule has 0 aliphatic heterocycles. The molecule has 0 unspecified atom stereocenters. The van der Waals surface area contributed by atoms with E-state index < -0.39 is 5.97 Å². The lowest BCUT2D eigenvalue weighted by atomic mass is 10.2. The van der Waals surface area contributed by atoms with Gasteiger partial charge in [0.2, 0.25) is 0 Å². The number of benzene rings is 2. The monoisotopic (exact) mass is 402 g/mol. The van der Waals surface area contributed by atoms with Gasteiger partial charge in [0.05, 0.1) is 23.8 Å². The van der Waals surface area contributed by atoms with E-state index in [0.29, 0.717) is 16.7 Å². The van der Waals surface area contributed by atoms with E-state index in [9.17, 15) is 9.59 Å². The van der Waals surface area contributed by atoms with Gasteiger partial charge in [0.15, 0.2) is 6.61 Å². The first-order valence-corrected chi connectivity index (χ1v) is 8.41. The molecule has 0 spiro atoms. The maximum Gasteiger partial charge on any atom is 0.344 e. The third kappa shape index (κ3) is 4.45. The molecular weight excluding hydrogens is 388 g/mol. The molecule has 0 N–H and O–H groups in total. The fourth-order valence-corrected chi connectivity index (χ4v) is 2.50. The molecule has 1 heterocycles. The summed E-state index contributed by atoms with van der Waals surface area (Å²) in [6.45, 7) is 0.121. The van der Waals surface area contributed by atoms with Crippen molar-refractivity contribution in [3.05, 3.63) is 69.7 Å². The summed E-state index contributed by atoms with van der Waals surface area (Å²) in [5, 5.41) is 0.537. The number of halogens is 1. The molecule has 3 rings (SSSR count). The molecule has 6 nitrogen and oxygen atoms in total. The van der Waals surface area contributed by atoms with Gasteiger partial charge >= 0.3 is 5.97 Å². The van der Waals surface area contributed by atoms with Gasteiger partial charge < -0.3 is 9.47 Å². The van der Waals surface area contributed by atoms with Crippen LogP contribution >= 0.6 is 15.9 Å². The van der Waals surface area contributed by atoms with Crippen LogP contribution in [0.15, 0.2) is 64.1 Å². The average molecular weight is 403 g/mol. The van der Waals surface area contributed by atoms with E-state index >= 15 is 0 Å². The molecule has 0 fully saturated rings. The molecule has 128 valence electrons. The van der Waals surface area contributed by atoms with Gasteiger partial charge in [-0.25, -0.2) is 9.78 Å². The number of aromatic nitrogens is 2. The number of hydrogen-bond acceptors (Lipinski definition) is 5. The number of para-hydroxylation sites is 1. The zero-order valence-corrected chi connectivity index (χ0v) is 14.8. The Morgan fingerprint density at radius 2 is 1.88 bits per heavy atom. The first kappa shape index (κ1) is 17.2. The van der Waals surface area contributed by atoms with Gasteiger partial charge in [0.25, 0.3) is 5.56 Å². The minimum Gasteiger partial charge on any atom is -0.482 e. The lowest BCUT2D eigenvalue weighted by molar-refractivity contribution is -0.146. The maximum atomic E-state index is 12.3. The molecular formula is C18H15BrN2O4. The molecule has 3 aromatic rings. The average Bonchev–Trinajstić information content (AvgIpc) is 2.63. The second-order valence-corrected chi connectivity index (χ2v) is 6.14. The largest absolute Gasteiger partial charge is 0.482 e. The topological polar surface area (TPSA) is 70.4 Å². The van der Waals surface area contributed by atoms with Crippen LogP contribution in [0, 0.1) is 0 Å². The molecule has 0 saturated carbocycles. The SMILES string of the molecule is O=C(COc1ccc(Br)cc1)OCCn1cnc2ccccc2c1=O. The third-order valence-corrected chi connectivity index (χ3v) is 4.03. The summed E-state index contributed by atoms with van der Waals surface area (Å²) in [5.74, 6) is 0.0832. The molecule has 0 radical (unpaired) electrons. The Morgan fingerprint density at radius 3 is 2.68 bits per heavy atom. The number of carbonyl (C=O) groups is 1. The van der Waals surface area contributed by atoms with Crippen molar-refractivity contribution in [3.63, 3.8) is 0 Å². The zero-order chi connectivity index (χ0) is 17.6. The number of fused-ring (bicyclic) bond motifs is 1. The molecule has 0 aliphatic rings. The number of carbonyl (C=O) groups excluding carboxylic acids is 1. The standard InChI is InChI=1S/C18H15BrN2O4/c19-13-5-7-14(8-6-13)25-11-17(22)24-10-9-21-12-20-16-4-2-1-3-15(16)18(21)23/h1-8,12H,9-11H2. The normalized spacial score (nSPS) is 10.6. The van der Waals surface area contributed by atoms with Crippen LogP contribution in [0.25, 0.3) is 10.9 Å². The van der Waals surface area contributed by atoms with E-state index in [2.05, 4.69) is 20.9 Å². The van der Waals surface area contributed by atoms with Crippen molar-refractivity contribution in [2.24, 2.45) is 0 Å². The fourth-order valence-electron chi connectivity index (χ4n) is 2.24. The highest BCUT2D eigenvalue weighted by Gasteiger charge is 2.07. The van der Waals surface area contributed by atoms with Gasteiger partial charge in [-0.1, -0.05) is 28.1 Å². The summed E-state index contributed by atoms with van der Waals surface area (Å²) < 4.78 is 12.8. The van der Waals surface area contributed by atoms with Gasteiger partial charge in [-0.3, -0.25) is 9.36 Å². The van der Waals surface area contributed by atoms with Crippen molar-refractivity contribution >= 4 is 32.8 Å². The van der Waals surface area contributed by atoms with Crippen molar-refractivity contribution in [2.45, 2.75) is 6.54 Å². The highest BCUT2D eigenvalue weighted by Crippen LogP contribution is 2.15. The van der Waals surface area contributed by atoms with Gasteiger partial charge in [-0.15, -0.1) is 0 Å². The van der Waals surface area contributed by atoms with Crippen LogP contribution in [0.3, 0.4) is 0 Å². The minimum atomic E-state index is -0.496. The van der Waals surface area contributed by atoms with Crippen LogP contribution in [0.2, 0.25) is 0 Å². The summed E-state index contributed by atoms with van der Waals surface area (Å²) in [4.78, 5) is 28.2. The Bertz CT molecular complexity index is 938. The Morgan fingerprint density at radius 1 is 1.12 bits per heavy atom. The quantitative estimate of drug-likeness (QED) is 0.592. The summed E-state index contributed by atoms with van der Waals surface area (Å²) >= 11 is 3.32. The summed E-state index contributed by atoms with van der Waals surface area (Å²) in [6.07, 6.45) is 1.46. The molecule has 7 heteroatoms. The number of hydrogen-bond donors (Lipinski definition) is 0. The van der Waals surface area contributed by atoms with Crippen molar-refractivity contribution in [1.29, 1.82) is 0 Å². The molecule has 0 aliphatic carbocycles. The van der Waals surface area contributed by atoms with Crippen LogP contribution in [0.5, 0.6) is 5.75 Å². The van der Waals surface area contributed by atoms with Gasteiger partial charge in [0, 0.05) is 4.47 Å². The Hall–Kier alpha value is -2.67.